The average Bonchev–Trinajstić information content (AvgIpc) is 2.43. The van der Waals surface area contributed by atoms with Crippen LogP contribution in [0, 0.1) is 0 Å². The lowest BCUT2D eigenvalue weighted by molar-refractivity contribution is -0.150. The molecule has 1 aliphatic rings. The number of aliphatic carboxylic acids is 2. The van der Waals surface area contributed by atoms with Crippen molar-refractivity contribution < 1.29 is 34.1 Å². The Morgan fingerprint density at radius 3 is 1.94 bits per heavy atom. The number of carboxylic acids is 2. The molecule has 0 saturated carbocycles. The van der Waals surface area contributed by atoms with Gasteiger partial charge < -0.3 is 14.9 Å². The van der Waals surface area contributed by atoms with Gasteiger partial charge in [-0.05, 0) is 13.8 Å². The van der Waals surface area contributed by atoms with Gasteiger partial charge in [-0.25, -0.2) is 19.2 Å². The summed E-state index contributed by atoms with van der Waals surface area (Å²) in [5.74, 6) is -3.55. The van der Waals surface area contributed by atoms with Gasteiger partial charge in [0.1, 0.15) is 0 Å². The van der Waals surface area contributed by atoms with Crippen LogP contribution in [0.15, 0.2) is 23.3 Å². The summed E-state index contributed by atoms with van der Waals surface area (Å²) in [4.78, 5) is 40.1. The molecule has 0 amide bonds. The van der Waals surface area contributed by atoms with E-state index in [2.05, 4.69) is 4.74 Å². The Balaban J connectivity index is 0.000000302. The van der Waals surface area contributed by atoms with Crippen molar-refractivity contribution in [3.63, 3.8) is 0 Å². The van der Waals surface area contributed by atoms with Gasteiger partial charge >= 0.3 is 23.9 Å². The van der Waals surface area contributed by atoms with Gasteiger partial charge in [0.15, 0.2) is 0 Å². The van der Waals surface area contributed by atoms with Crippen LogP contribution in [0.25, 0.3) is 0 Å². The van der Waals surface area contributed by atoms with Crippen LogP contribution < -0.4 is 0 Å². The van der Waals surface area contributed by atoms with E-state index in [0.29, 0.717) is 11.6 Å². The van der Waals surface area contributed by atoms with Crippen molar-refractivity contribution in [2.75, 3.05) is 0 Å². The molecule has 7 nitrogen and oxygen atoms in total. The van der Waals surface area contributed by atoms with Crippen molar-refractivity contribution in [3.05, 3.63) is 23.3 Å². The van der Waals surface area contributed by atoms with Crippen molar-refractivity contribution >= 4 is 23.9 Å². The van der Waals surface area contributed by atoms with Crippen molar-refractivity contribution in [2.45, 2.75) is 13.8 Å². The van der Waals surface area contributed by atoms with Gasteiger partial charge in [-0.2, -0.15) is 0 Å². The molecule has 1 heterocycles. The fraction of sp³-hybridized carbons (Fsp3) is 0.200. The summed E-state index contributed by atoms with van der Waals surface area (Å²) >= 11 is 0. The second kappa shape index (κ2) is 6.21. The Morgan fingerprint density at radius 1 is 1.29 bits per heavy atom. The number of ether oxygens (including phenoxy) is 1. The molecule has 0 unspecified atom stereocenters. The monoisotopic (exact) mass is 242 g/mol. The molecule has 0 radical (unpaired) electrons. The maximum atomic E-state index is 10.3. The molecule has 1 aliphatic heterocycles. The summed E-state index contributed by atoms with van der Waals surface area (Å²) in [5, 5.41) is 16.1. The number of carbonyl (C=O) groups is 4. The number of rotatable bonds is 2. The first kappa shape index (κ1) is 14.6. The fourth-order valence-corrected chi connectivity index (χ4v) is 0.684. The standard InChI is InChI=1S/C5H6O4.C5H4O3/c1-3(5(8)9)2-4(6)7;1-3-2-4(6)8-5(3)7/h2H,1H3,(H,6,7)(H,8,9);2H,1H3/b3-2+;. The molecular formula is C10H10O7. The third-order valence-corrected chi connectivity index (χ3v) is 1.53. The molecule has 0 bridgehead atoms. The minimum Gasteiger partial charge on any atom is -0.478 e. The Kier molecular flexibility index (Phi) is 5.32. The lowest BCUT2D eigenvalue weighted by Crippen LogP contribution is -1.99. The Bertz CT molecular complexity index is 428. The van der Waals surface area contributed by atoms with Crippen molar-refractivity contribution in [1.82, 2.24) is 0 Å². The number of carbonyl (C=O) groups excluding carboxylic acids is 2. The normalized spacial score (nSPS) is 14.5. The van der Waals surface area contributed by atoms with Gasteiger partial charge in [0, 0.05) is 23.3 Å². The zero-order valence-corrected chi connectivity index (χ0v) is 9.09. The van der Waals surface area contributed by atoms with Crippen LogP contribution in [0.5, 0.6) is 0 Å². The topological polar surface area (TPSA) is 118 Å². The first-order chi connectivity index (χ1) is 7.73. The predicted octanol–water partition coefficient (Wildman–Crippen LogP) is 0.118. The number of esters is 2. The van der Waals surface area contributed by atoms with E-state index in [1.165, 1.54) is 19.9 Å². The highest BCUT2D eigenvalue weighted by molar-refractivity contribution is 6.08. The van der Waals surface area contributed by atoms with E-state index >= 15 is 0 Å². The molecule has 1 rings (SSSR count). The maximum Gasteiger partial charge on any atom is 0.341 e. The quantitative estimate of drug-likeness (QED) is 0.401. The van der Waals surface area contributed by atoms with E-state index < -0.39 is 23.9 Å². The smallest absolute Gasteiger partial charge is 0.341 e. The number of hydrogen-bond acceptors (Lipinski definition) is 5. The van der Waals surface area contributed by atoms with Crippen molar-refractivity contribution in [2.24, 2.45) is 0 Å². The third-order valence-electron chi connectivity index (χ3n) is 1.53. The van der Waals surface area contributed by atoms with E-state index in [0.717, 1.165) is 0 Å². The SMILES string of the molecule is C/C(=C\C(=O)O)C(=O)O.CC1=CC(=O)OC1=O. The molecule has 0 fully saturated rings. The highest BCUT2D eigenvalue weighted by atomic mass is 16.6. The molecule has 17 heavy (non-hydrogen) atoms. The van der Waals surface area contributed by atoms with E-state index in [1.807, 2.05) is 0 Å². The van der Waals surface area contributed by atoms with E-state index in [-0.39, 0.29) is 5.57 Å². The molecule has 0 spiro atoms. The van der Waals surface area contributed by atoms with Crippen LogP contribution >= 0.6 is 0 Å². The Labute approximate surface area is 96.0 Å². The molecule has 2 N–H and O–H groups in total. The Morgan fingerprint density at radius 2 is 1.82 bits per heavy atom. The summed E-state index contributed by atoms with van der Waals surface area (Å²) in [7, 11) is 0. The zero-order chi connectivity index (χ0) is 13.6. The summed E-state index contributed by atoms with van der Waals surface area (Å²) < 4.78 is 4.10. The number of carboxylic acid groups (broad SMARTS) is 2. The average molecular weight is 242 g/mol. The van der Waals surface area contributed by atoms with Crippen LogP contribution in [0.2, 0.25) is 0 Å². The van der Waals surface area contributed by atoms with Gasteiger partial charge in [-0.3, -0.25) is 0 Å². The predicted molar refractivity (Wildman–Crippen MR) is 53.9 cm³/mol. The molecule has 0 saturated heterocycles. The third kappa shape index (κ3) is 5.88. The minimum atomic E-state index is -1.24. The molecule has 0 aromatic rings. The molecule has 92 valence electrons. The number of cyclic esters (lactones) is 2. The molecule has 0 aromatic carbocycles. The van der Waals surface area contributed by atoms with E-state index in [1.54, 1.807) is 0 Å². The van der Waals surface area contributed by atoms with Gasteiger partial charge in [0.2, 0.25) is 0 Å². The summed E-state index contributed by atoms with van der Waals surface area (Å²) in [5.41, 5.74) is 0.192. The summed E-state index contributed by atoms with van der Waals surface area (Å²) in [6, 6.07) is 0. The first-order valence-electron chi connectivity index (χ1n) is 4.33. The van der Waals surface area contributed by atoms with Crippen LogP contribution in [-0.4, -0.2) is 34.1 Å². The first-order valence-corrected chi connectivity index (χ1v) is 4.33. The van der Waals surface area contributed by atoms with Crippen LogP contribution in [0.1, 0.15) is 13.8 Å². The molecule has 7 heteroatoms. The zero-order valence-electron chi connectivity index (χ0n) is 9.09. The van der Waals surface area contributed by atoms with Gasteiger partial charge in [0.05, 0.1) is 0 Å². The van der Waals surface area contributed by atoms with E-state index in [9.17, 15) is 19.2 Å². The Hall–Kier alpha value is -2.44. The lowest BCUT2D eigenvalue weighted by Gasteiger charge is -1.86. The molecule has 0 aliphatic carbocycles. The summed E-state index contributed by atoms with van der Waals surface area (Å²) in [6.45, 7) is 2.75. The molecule has 0 atom stereocenters. The lowest BCUT2D eigenvalue weighted by atomic mass is 10.3. The van der Waals surface area contributed by atoms with Crippen molar-refractivity contribution in [3.8, 4) is 0 Å². The van der Waals surface area contributed by atoms with Gasteiger partial charge in [-0.1, -0.05) is 0 Å². The molecular weight excluding hydrogens is 232 g/mol. The highest BCUT2D eigenvalue weighted by Gasteiger charge is 2.18. The summed E-state index contributed by atoms with van der Waals surface area (Å²) in [6.07, 6.45) is 1.81. The van der Waals surface area contributed by atoms with Crippen molar-refractivity contribution in [1.29, 1.82) is 0 Å². The van der Waals surface area contributed by atoms with Crippen LogP contribution in [-0.2, 0) is 23.9 Å². The van der Waals surface area contributed by atoms with E-state index in [4.69, 9.17) is 10.2 Å². The largest absolute Gasteiger partial charge is 0.478 e. The van der Waals surface area contributed by atoms with Gasteiger partial charge in [-0.15, -0.1) is 0 Å². The minimum absolute atomic E-state index is 0.178. The number of hydrogen-bond donors (Lipinski definition) is 2. The highest BCUT2D eigenvalue weighted by Crippen LogP contribution is 2.04. The maximum absolute atomic E-state index is 10.3. The van der Waals surface area contributed by atoms with Gasteiger partial charge in [0.25, 0.3) is 0 Å². The van der Waals surface area contributed by atoms with Crippen LogP contribution in [0.4, 0.5) is 0 Å². The second-order valence-electron chi connectivity index (χ2n) is 3.01. The van der Waals surface area contributed by atoms with Crippen LogP contribution in [0.3, 0.4) is 0 Å². The second-order valence-corrected chi connectivity index (χ2v) is 3.01. The fourth-order valence-electron chi connectivity index (χ4n) is 0.684. The molecule has 0 aromatic heterocycles.